The fourth-order valence-electron chi connectivity index (χ4n) is 1.30. The van der Waals surface area contributed by atoms with Crippen LogP contribution in [0.2, 0.25) is 0 Å². The van der Waals surface area contributed by atoms with Gasteiger partial charge in [-0.15, -0.1) is 0 Å². The highest BCUT2D eigenvalue weighted by molar-refractivity contribution is 5.85. The Morgan fingerprint density at radius 3 is 2.92 bits per heavy atom. The maximum atomic E-state index is 11.1. The summed E-state index contributed by atoms with van der Waals surface area (Å²) >= 11 is 0. The molecule has 1 heterocycles. The number of likely N-dealkylation sites (N-methyl/N-ethyl adjacent to an activating group) is 1. The van der Waals surface area contributed by atoms with Gasteiger partial charge in [0.05, 0.1) is 6.54 Å². The van der Waals surface area contributed by atoms with Crippen molar-refractivity contribution in [2.75, 3.05) is 19.6 Å². The molecule has 1 fully saturated rings. The fourth-order valence-corrected chi connectivity index (χ4v) is 1.30. The molecule has 1 aliphatic heterocycles. The minimum atomic E-state index is -0.0623. The zero-order chi connectivity index (χ0) is 8.97. The number of nitrogens with one attached hydrogen (secondary N) is 1. The minimum absolute atomic E-state index is 0.0623. The Bertz CT molecular complexity index is 191. The number of hydrogen-bond donors (Lipinski definition) is 1. The minimum Gasteiger partial charge on any atom is -0.355 e. The van der Waals surface area contributed by atoms with Crippen LogP contribution in [0.3, 0.4) is 0 Å². The summed E-state index contributed by atoms with van der Waals surface area (Å²) < 4.78 is 0. The molecule has 0 aromatic rings. The Balaban J connectivity index is 2.30. The third kappa shape index (κ3) is 2.22. The highest BCUT2D eigenvalue weighted by Crippen LogP contribution is 2.08. The first kappa shape index (κ1) is 9.03. The van der Waals surface area contributed by atoms with E-state index in [1.165, 1.54) is 0 Å². The van der Waals surface area contributed by atoms with Gasteiger partial charge in [-0.25, -0.2) is 0 Å². The van der Waals surface area contributed by atoms with Crippen LogP contribution in [0.1, 0.15) is 19.8 Å². The molecule has 12 heavy (non-hydrogen) atoms. The standard InChI is InChI=1S/C8H14N2O2/c1-2-9-7(11)6-10-5-3-4-8(10)12/h2-6H2,1H3,(H,9,11). The van der Waals surface area contributed by atoms with Crippen molar-refractivity contribution in [3.8, 4) is 0 Å². The van der Waals surface area contributed by atoms with Gasteiger partial charge in [-0.05, 0) is 13.3 Å². The lowest BCUT2D eigenvalue weighted by Gasteiger charge is -2.13. The Labute approximate surface area is 71.9 Å². The molecule has 0 atom stereocenters. The predicted octanol–water partition coefficient (Wildman–Crippen LogP) is -0.255. The molecule has 0 unspecified atom stereocenters. The quantitative estimate of drug-likeness (QED) is 0.634. The predicted molar refractivity (Wildman–Crippen MR) is 44.5 cm³/mol. The molecule has 1 aliphatic rings. The van der Waals surface area contributed by atoms with Crippen LogP contribution in [0.25, 0.3) is 0 Å². The van der Waals surface area contributed by atoms with E-state index in [2.05, 4.69) is 5.32 Å². The number of rotatable bonds is 3. The van der Waals surface area contributed by atoms with Crippen LogP contribution >= 0.6 is 0 Å². The molecule has 1 rings (SSSR count). The molecule has 2 amide bonds. The number of carbonyl (C=O) groups is 2. The second kappa shape index (κ2) is 4.09. The summed E-state index contributed by atoms with van der Waals surface area (Å²) in [5, 5.41) is 2.66. The monoisotopic (exact) mass is 170 g/mol. The highest BCUT2D eigenvalue weighted by Gasteiger charge is 2.21. The molecule has 1 N–H and O–H groups in total. The zero-order valence-electron chi connectivity index (χ0n) is 7.30. The smallest absolute Gasteiger partial charge is 0.239 e. The summed E-state index contributed by atoms with van der Waals surface area (Å²) in [5.41, 5.74) is 0. The number of hydrogen-bond acceptors (Lipinski definition) is 2. The molecule has 0 aliphatic carbocycles. The van der Waals surface area contributed by atoms with E-state index >= 15 is 0 Å². The number of nitrogens with zero attached hydrogens (tertiary/aromatic N) is 1. The van der Waals surface area contributed by atoms with E-state index in [1.54, 1.807) is 4.90 Å². The van der Waals surface area contributed by atoms with Crippen molar-refractivity contribution in [2.24, 2.45) is 0 Å². The van der Waals surface area contributed by atoms with Crippen LogP contribution in [0, 0.1) is 0 Å². The fraction of sp³-hybridized carbons (Fsp3) is 0.750. The van der Waals surface area contributed by atoms with Crippen LogP contribution in [0.5, 0.6) is 0 Å². The van der Waals surface area contributed by atoms with Crippen molar-refractivity contribution in [1.82, 2.24) is 10.2 Å². The topological polar surface area (TPSA) is 49.4 Å². The van der Waals surface area contributed by atoms with Gasteiger partial charge in [0, 0.05) is 19.5 Å². The normalized spacial score (nSPS) is 16.8. The lowest BCUT2D eigenvalue weighted by molar-refractivity contribution is -0.133. The zero-order valence-corrected chi connectivity index (χ0v) is 7.30. The molecule has 4 nitrogen and oxygen atoms in total. The molecular formula is C8H14N2O2. The maximum Gasteiger partial charge on any atom is 0.239 e. The number of carbonyl (C=O) groups excluding carboxylic acids is 2. The molecule has 0 saturated carbocycles. The summed E-state index contributed by atoms with van der Waals surface area (Å²) in [5.74, 6) is 0.0361. The number of amides is 2. The van der Waals surface area contributed by atoms with Crippen LogP contribution in [0.15, 0.2) is 0 Å². The summed E-state index contributed by atoms with van der Waals surface area (Å²) in [6.45, 7) is 3.45. The number of likely N-dealkylation sites (tertiary alicyclic amines) is 1. The third-order valence-corrected chi connectivity index (χ3v) is 1.88. The van der Waals surface area contributed by atoms with Gasteiger partial charge >= 0.3 is 0 Å². The molecule has 1 saturated heterocycles. The molecule has 4 heteroatoms. The SMILES string of the molecule is CCNC(=O)CN1CCCC1=O. The van der Waals surface area contributed by atoms with Gasteiger partial charge in [-0.1, -0.05) is 0 Å². The summed E-state index contributed by atoms with van der Waals surface area (Å²) in [4.78, 5) is 23.7. The highest BCUT2D eigenvalue weighted by atomic mass is 16.2. The van der Waals surface area contributed by atoms with Crippen molar-refractivity contribution in [3.05, 3.63) is 0 Å². The van der Waals surface area contributed by atoms with Gasteiger partial charge in [0.1, 0.15) is 0 Å². The van der Waals surface area contributed by atoms with Crippen molar-refractivity contribution in [2.45, 2.75) is 19.8 Å². The average Bonchev–Trinajstić information content (AvgIpc) is 2.37. The van der Waals surface area contributed by atoms with Gasteiger partial charge < -0.3 is 10.2 Å². The van der Waals surface area contributed by atoms with Crippen LogP contribution in [-0.4, -0.2) is 36.3 Å². The molecule has 0 aromatic carbocycles. The van der Waals surface area contributed by atoms with Crippen molar-refractivity contribution in [3.63, 3.8) is 0 Å². The molecule has 0 bridgehead atoms. The Morgan fingerprint density at radius 2 is 2.42 bits per heavy atom. The van der Waals surface area contributed by atoms with Crippen molar-refractivity contribution < 1.29 is 9.59 Å². The maximum absolute atomic E-state index is 11.1. The molecule has 0 radical (unpaired) electrons. The van der Waals surface area contributed by atoms with E-state index in [0.717, 1.165) is 13.0 Å². The van der Waals surface area contributed by atoms with E-state index < -0.39 is 0 Å². The van der Waals surface area contributed by atoms with E-state index in [9.17, 15) is 9.59 Å². The second-order valence-corrected chi connectivity index (χ2v) is 2.87. The van der Waals surface area contributed by atoms with Gasteiger partial charge in [0.15, 0.2) is 0 Å². The largest absolute Gasteiger partial charge is 0.355 e. The first-order valence-electron chi connectivity index (χ1n) is 4.28. The van der Waals surface area contributed by atoms with Crippen molar-refractivity contribution in [1.29, 1.82) is 0 Å². The van der Waals surface area contributed by atoms with Gasteiger partial charge in [-0.2, -0.15) is 0 Å². The Kier molecular flexibility index (Phi) is 3.08. The second-order valence-electron chi connectivity index (χ2n) is 2.87. The average molecular weight is 170 g/mol. The summed E-state index contributed by atoms with van der Waals surface area (Å²) in [6.07, 6.45) is 1.48. The molecule has 0 aromatic heterocycles. The lowest BCUT2D eigenvalue weighted by atomic mass is 10.4. The van der Waals surface area contributed by atoms with Gasteiger partial charge in [0.25, 0.3) is 0 Å². The first-order chi connectivity index (χ1) is 5.74. The summed E-state index contributed by atoms with van der Waals surface area (Å²) in [6, 6.07) is 0. The van der Waals surface area contributed by atoms with Crippen LogP contribution in [-0.2, 0) is 9.59 Å². The van der Waals surface area contributed by atoms with Gasteiger partial charge in [-0.3, -0.25) is 9.59 Å². The van der Waals surface area contributed by atoms with E-state index in [0.29, 0.717) is 13.0 Å². The molecule has 0 spiro atoms. The molecular weight excluding hydrogens is 156 g/mol. The third-order valence-electron chi connectivity index (χ3n) is 1.88. The van der Waals surface area contributed by atoms with Crippen molar-refractivity contribution >= 4 is 11.8 Å². The van der Waals surface area contributed by atoms with Gasteiger partial charge in [0.2, 0.25) is 11.8 Å². The lowest BCUT2D eigenvalue weighted by Crippen LogP contribution is -2.37. The first-order valence-corrected chi connectivity index (χ1v) is 4.28. The molecule has 68 valence electrons. The Morgan fingerprint density at radius 1 is 1.67 bits per heavy atom. The van der Waals surface area contributed by atoms with E-state index in [1.807, 2.05) is 6.92 Å². The van der Waals surface area contributed by atoms with E-state index in [4.69, 9.17) is 0 Å². The summed E-state index contributed by atoms with van der Waals surface area (Å²) in [7, 11) is 0. The van der Waals surface area contributed by atoms with Crippen LogP contribution < -0.4 is 5.32 Å². The Hall–Kier alpha value is -1.06. The van der Waals surface area contributed by atoms with Crippen LogP contribution in [0.4, 0.5) is 0 Å². The van der Waals surface area contributed by atoms with E-state index in [-0.39, 0.29) is 18.4 Å².